The van der Waals surface area contributed by atoms with Gasteiger partial charge in [0.2, 0.25) is 6.41 Å². The molecule has 0 aromatic heterocycles. The van der Waals surface area contributed by atoms with E-state index in [-0.39, 0.29) is 5.91 Å². The molecule has 0 aliphatic carbocycles. The number of aliphatic hydroxyl groups is 1. The number of piperazine rings is 1. The Kier molecular flexibility index (Phi) is 3.63. The van der Waals surface area contributed by atoms with Gasteiger partial charge in [0, 0.05) is 26.2 Å². The van der Waals surface area contributed by atoms with Gasteiger partial charge in [-0.2, -0.15) is 0 Å². The largest absolute Gasteiger partial charge is 0.380 e. The van der Waals surface area contributed by atoms with Crippen molar-refractivity contribution < 1.29 is 14.7 Å². The third-order valence-electron chi connectivity index (χ3n) is 3.58. The van der Waals surface area contributed by atoms with Crippen molar-refractivity contribution in [3.63, 3.8) is 0 Å². The maximum Gasteiger partial charge on any atom is 0.254 e. The van der Waals surface area contributed by atoms with E-state index in [1.54, 1.807) is 9.80 Å². The lowest BCUT2D eigenvalue weighted by Crippen LogP contribution is -2.58. The number of carbonyl (C=O) groups is 2. The lowest BCUT2D eigenvalue weighted by Gasteiger charge is -2.39. The van der Waals surface area contributed by atoms with Gasteiger partial charge >= 0.3 is 0 Å². The van der Waals surface area contributed by atoms with Crippen molar-refractivity contribution in [1.29, 1.82) is 0 Å². The molecular formula is C11H19N3O3. The number of hydrogen-bond donors (Lipinski definition) is 2. The monoisotopic (exact) mass is 241 g/mol. The summed E-state index contributed by atoms with van der Waals surface area (Å²) < 4.78 is 0. The minimum Gasteiger partial charge on any atom is -0.380 e. The second kappa shape index (κ2) is 5.01. The number of rotatable bonds is 2. The van der Waals surface area contributed by atoms with E-state index < -0.39 is 5.60 Å². The summed E-state index contributed by atoms with van der Waals surface area (Å²) in [6, 6.07) is 0. The van der Waals surface area contributed by atoms with E-state index in [2.05, 4.69) is 5.32 Å². The summed E-state index contributed by atoms with van der Waals surface area (Å²) in [5.41, 5.74) is -1.20. The first-order valence-corrected chi connectivity index (χ1v) is 6.07. The van der Waals surface area contributed by atoms with E-state index in [0.29, 0.717) is 52.1 Å². The fraction of sp³-hybridized carbons (Fsp3) is 0.818. The quantitative estimate of drug-likeness (QED) is 0.571. The topological polar surface area (TPSA) is 72.9 Å². The van der Waals surface area contributed by atoms with Crippen molar-refractivity contribution in [1.82, 2.24) is 15.1 Å². The molecule has 6 nitrogen and oxygen atoms in total. The van der Waals surface area contributed by atoms with E-state index in [0.717, 1.165) is 6.41 Å². The van der Waals surface area contributed by atoms with Crippen molar-refractivity contribution in [3.05, 3.63) is 0 Å². The molecule has 2 N–H and O–H groups in total. The molecule has 0 radical (unpaired) electrons. The van der Waals surface area contributed by atoms with Crippen LogP contribution in [0, 0.1) is 0 Å². The Bertz CT molecular complexity index is 294. The van der Waals surface area contributed by atoms with Crippen molar-refractivity contribution in [2.45, 2.75) is 18.4 Å². The van der Waals surface area contributed by atoms with Crippen LogP contribution in [0.2, 0.25) is 0 Å². The molecule has 6 heteroatoms. The third kappa shape index (κ3) is 2.58. The highest BCUT2D eigenvalue weighted by molar-refractivity contribution is 5.85. The van der Waals surface area contributed by atoms with E-state index in [4.69, 9.17) is 0 Å². The minimum atomic E-state index is -1.20. The molecular weight excluding hydrogens is 222 g/mol. The van der Waals surface area contributed by atoms with Crippen LogP contribution in [0.4, 0.5) is 0 Å². The molecule has 96 valence electrons. The van der Waals surface area contributed by atoms with Crippen LogP contribution in [-0.2, 0) is 9.59 Å². The number of carbonyl (C=O) groups excluding carboxylic acids is 2. The Morgan fingerprint density at radius 2 is 1.76 bits per heavy atom. The molecule has 17 heavy (non-hydrogen) atoms. The molecule has 2 aliphatic heterocycles. The van der Waals surface area contributed by atoms with E-state index in [9.17, 15) is 14.7 Å². The van der Waals surface area contributed by atoms with Crippen LogP contribution >= 0.6 is 0 Å². The summed E-state index contributed by atoms with van der Waals surface area (Å²) in [5.74, 6) is -0.176. The van der Waals surface area contributed by atoms with E-state index in [1.165, 1.54) is 0 Å². The van der Waals surface area contributed by atoms with Crippen LogP contribution in [0.5, 0.6) is 0 Å². The van der Waals surface area contributed by atoms with Gasteiger partial charge in [0.15, 0.2) is 0 Å². The van der Waals surface area contributed by atoms with E-state index in [1.807, 2.05) is 0 Å². The number of amides is 2. The molecule has 0 unspecified atom stereocenters. The molecule has 2 rings (SSSR count). The van der Waals surface area contributed by atoms with Gasteiger partial charge in [-0.25, -0.2) is 0 Å². The average Bonchev–Trinajstić information content (AvgIpc) is 2.39. The highest BCUT2D eigenvalue weighted by Gasteiger charge is 2.40. The smallest absolute Gasteiger partial charge is 0.254 e. The molecule has 0 bridgehead atoms. The summed E-state index contributed by atoms with van der Waals surface area (Å²) in [6.07, 6.45) is 1.75. The van der Waals surface area contributed by atoms with Crippen LogP contribution in [0.3, 0.4) is 0 Å². The predicted molar refractivity (Wildman–Crippen MR) is 61.3 cm³/mol. The third-order valence-corrected chi connectivity index (χ3v) is 3.58. The molecule has 2 amide bonds. The Hall–Kier alpha value is -1.14. The summed E-state index contributed by atoms with van der Waals surface area (Å²) >= 11 is 0. The summed E-state index contributed by atoms with van der Waals surface area (Å²) in [6.45, 7) is 3.51. The second-order valence-corrected chi connectivity index (χ2v) is 4.72. The van der Waals surface area contributed by atoms with Gasteiger partial charge in [-0.05, 0) is 25.9 Å². The Balaban J connectivity index is 1.93. The molecule has 0 spiro atoms. The first kappa shape index (κ1) is 12.3. The van der Waals surface area contributed by atoms with Gasteiger partial charge < -0.3 is 20.2 Å². The predicted octanol–water partition coefficient (Wildman–Crippen LogP) is -1.60. The molecule has 2 heterocycles. The summed E-state index contributed by atoms with van der Waals surface area (Å²) in [7, 11) is 0. The lowest BCUT2D eigenvalue weighted by atomic mass is 9.90. The number of nitrogens with one attached hydrogen (secondary N) is 1. The van der Waals surface area contributed by atoms with Crippen molar-refractivity contribution in [3.8, 4) is 0 Å². The molecule has 0 aromatic rings. The number of nitrogens with zero attached hydrogens (tertiary/aromatic N) is 2. The number of hydrogen-bond acceptors (Lipinski definition) is 4. The van der Waals surface area contributed by atoms with E-state index >= 15 is 0 Å². The van der Waals surface area contributed by atoms with Gasteiger partial charge in [0.25, 0.3) is 5.91 Å². The molecule has 0 aromatic carbocycles. The first-order valence-electron chi connectivity index (χ1n) is 6.07. The zero-order chi connectivity index (χ0) is 12.3. The normalized spacial score (nSPS) is 24.5. The molecule has 0 saturated carbocycles. The standard InChI is InChI=1S/C11H19N3O3/c15-9-13-5-7-14(8-6-13)10(16)11(17)1-3-12-4-2-11/h9,12,17H,1-8H2. The molecule has 0 atom stereocenters. The maximum absolute atomic E-state index is 12.2. The van der Waals surface area contributed by atoms with Crippen molar-refractivity contribution >= 4 is 12.3 Å². The highest BCUT2D eigenvalue weighted by atomic mass is 16.3. The highest BCUT2D eigenvalue weighted by Crippen LogP contribution is 2.21. The van der Waals surface area contributed by atoms with Crippen LogP contribution in [-0.4, -0.2) is 72.1 Å². The zero-order valence-electron chi connectivity index (χ0n) is 9.89. The Morgan fingerprint density at radius 3 is 2.29 bits per heavy atom. The zero-order valence-corrected chi connectivity index (χ0v) is 9.89. The number of piperidine rings is 1. The fourth-order valence-electron chi connectivity index (χ4n) is 2.38. The van der Waals surface area contributed by atoms with Crippen LogP contribution in [0.1, 0.15) is 12.8 Å². The van der Waals surface area contributed by atoms with Crippen molar-refractivity contribution in [2.24, 2.45) is 0 Å². The van der Waals surface area contributed by atoms with Gasteiger partial charge in [0.05, 0.1) is 0 Å². The van der Waals surface area contributed by atoms with Crippen LogP contribution in [0.15, 0.2) is 0 Å². The van der Waals surface area contributed by atoms with Crippen LogP contribution in [0.25, 0.3) is 0 Å². The summed E-state index contributed by atoms with van der Waals surface area (Å²) in [5, 5.41) is 13.4. The first-order chi connectivity index (χ1) is 8.15. The van der Waals surface area contributed by atoms with Gasteiger partial charge in [-0.1, -0.05) is 0 Å². The second-order valence-electron chi connectivity index (χ2n) is 4.72. The molecule has 2 saturated heterocycles. The summed E-state index contributed by atoms with van der Waals surface area (Å²) in [4.78, 5) is 26.1. The minimum absolute atomic E-state index is 0.176. The van der Waals surface area contributed by atoms with Crippen molar-refractivity contribution in [2.75, 3.05) is 39.3 Å². The van der Waals surface area contributed by atoms with Gasteiger partial charge in [-0.3, -0.25) is 9.59 Å². The molecule has 2 fully saturated rings. The lowest BCUT2D eigenvalue weighted by molar-refractivity contribution is -0.156. The SMILES string of the molecule is O=CN1CCN(C(=O)C2(O)CCNCC2)CC1. The van der Waals surface area contributed by atoms with Gasteiger partial charge in [-0.15, -0.1) is 0 Å². The molecule has 2 aliphatic rings. The Labute approximate surface area is 101 Å². The van der Waals surface area contributed by atoms with Crippen LogP contribution < -0.4 is 5.32 Å². The Morgan fingerprint density at radius 1 is 1.18 bits per heavy atom. The van der Waals surface area contributed by atoms with Gasteiger partial charge in [0.1, 0.15) is 5.60 Å². The fourth-order valence-corrected chi connectivity index (χ4v) is 2.38. The maximum atomic E-state index is 12.2. The average molecular weight is 241 g/mol.